The van der Waals surface area contributed by atoms with Crippen molar-refractivity contribution in [3.63, 3.8) is 0 Å². The first-order valence-electron chi connectivity index (χ1n) is 13.3. The summed E-state index contributed by atoms with van der Waals surface area (Å²) in [4.78, 5) is 31.1. The highest BCUT2D eigenvalue weighted by Gasteiger charge is 2.16. The van der Waals surface area contributed by atoms with E-state index >= 15 is 0 Å². The zero-order valence-electron chi connectivity index (χ0n) is 22.6. The lowest BCUT2D eigenvalue weighted by molar-refractivity contribution is 0.621. The highest BCUT2D eigenvalue weighted by atomic mass is 35.5. The number of nitrogens with zero attached hydrogens (tertiary/aromatic N) is 5. The molecule has 0 amide bonds. The Labute approximate surface area is 251 Å². The molecule has 3 aromatic heterocycles. The van der Waals surface area contributed by atoms with E-state index in [1.807, 2.05) is 54.6 Å². The summed E-state index contributed by atoms with van der Waals surface area (Å²) in [6.45, 7) is 0.344. The van der Waals surface area contributed by atoms with Crippen LogP contribution < -0.4 is 16.6 Å². The van der Waals surface area contributed by atoms with Crippen molar-refractivity contribution in [2.45, 2.75) is 6.42 Å². The topological polar surface area (TPSA) is 112 Å². The standard InChI is InChI=1S/C33H23ClFN7O/c34-27-10-5-11-28-30(27)33(43)42(25-9-4-8-22(18-25)21-6-2-1-3-7-21)29(41-28)16-17-37-32-26(31(36)39-20-40-32)15-14-24-13-12-23(35)19-38-24/h1-13,18-20H,16-17H2,(H3,36,37,39,40). The number of hydrogen-bond acceptors (Lipinski definition) is 7. The van der Waals surface area contributed by atoms with E-state index < -0.39 is 5.82 Å². The summed E-state index contributed by atoms with van der Waals surface area (Å²) in [6.07, 6.45) is 2.77. The number of hydrogen-bond donors (Lipinski definition) is 2. The molecule has 0 bridgehead atoms. The van der Waals surface area contributed by atoms with Crippen molar-refractivity contribution in [1.29, 1.82) is 0 Å². The number of aromatic nitrogens is 5. The van der Waals surface area contributed by atoms with Crippen LogP contribution in [0, 0.1) is 17.7 Å². The summed E-state index contributed by atoms with van der Waals surface area (Å²) in [5.74, 6) is 6.46. The molecule has 0 radical (unpaired) electrons. The summed E-state index contributed by atoms with van der Waals surface area (Å²) in [5.41, 5.74) is 9.75. The van der Waals surface area contributed by atoms with Crippen LogP contribution >= 0.6 is 11.6 Å². The number of benzene rings is 3. The molecule has 0 saturated carbocycles. The molecule has 0 aliphatic rings. The molecule has 0 atom stereocenters. The normalized spacial score (nSPS) is 10.7. The number of fused-ring (bicyclic) bond motifs is 1. The van der Waals surface area contributed by atoms with Crippen molar-refractivity contribution in [2.24, 2.45) is 0 Å². The van der Waals surface area contributed by atoms with Crippen LogP contribution in [0.3, 0.4) is 0 Å². The minimum absolute atomic E-state index is 0.181. The maximum absolute atomic E-state index is 13.9. The van der Waals surface area contributed by atoms with Gasteiger partial charge in [0.2, 0.25) is 0 Å². The number of rotatable bonds is 6. The second kappa shape index (κ2) is 12.1. The lowest BCUT2D eigenvalue weighted by Crippen LogP contribution is -2.25. The molecule has 0 saturated heterocycles. The van der Waals surface area contributed by atoms with Crippen LogP contribution in [0.2, 0.25) is 5.02 Å². The molecule has 0 aliphatic heterocycles. The van der Waals surface area contributed by atoms with Crippen LogP contribution in [0.4, 0.5) is 16.0 Å². The Hall–Kier alpha value is -5.59. The summed E-state index contributed by atoms with van der Waals surface area (Å²) in [7, 11) is 0. The Morgan fingerprint density at radius 1 is 0.907 bits per heavy atom. The molecule has 0 unspecified atom stereocenters. The van der Waals surface area contributed by atoms with Gasteiger partial charge in [0.05, 0.1) is 27.8 Å². The molecule has 0 fully saturated rings. The first kappa shape index (κ1) is 27.6. The van der Waals surface area contributed by atoms with Gasteiger partial charge in [0.15, 0.2) is 0 Å². The Morgan fingerprint density at radius 2 is 1.72 bits per heavy atom. The summed E-state index contributed by atoms with van der Waals surface area (Å²) >= 11 is 6.47. The van der Waals surface area contributed by atoms with Crippen molar-refractivity contribution in [2.75, 3.05) is 17.6 Å². The maximum Gasteiger partial charge on any atom is 0.267 e. The molecular weight excluding hydrogens is 565 g/mol. The SMILES string of the molecule is Nc1ncnc(NCCc2nc3cccc(Cl)c3c(=O)n2-c2cccc(-c3ccccc3)c2)c1C#Cc1ccc(F)cn1. The van der Waals surface area contributed by atoms with E-state index in [1.165, 1.54) is 18.5 Å². The van der Waals surface area contributed by atoms with Gasteiger partial charge in [-0.15, -0.1) is 0 Å². The zero-order chi connectivity index (χ0) is 29.8. The van der Waals surface area contributed by atoms with E-state index in [2.05, 4.69) is 32.1 Å². The third-order valence-electron chi connectivity index (χ3n) is 6.69. The quantitative estimate of drug-likeness (QED) is 0.242. The predicted octanol–water partition coefficient (Wildman–Crippen LogP) is 5.67. The summed E-state index contributed by atoms with van der Waals surface area (Å²) in [5, 5.41) is 3.93. The smallest absolute Gasteiger partial charge is 0.267 e. The van der Waals surface area contributed by atoms with Gasteiger partial charge < -0.3 is 11.1 Å². The Balaban J connectivity index is 1.35. The molecule has 0 aliphatic carbocycles. The van der Waals surface area contributed by atoms with Crippen LogP contribution in [-0.2, 0) is 6.42 Å². The highest BCUT2D eigenvalue weighted by molar-refractivity contribution is 6.35. The molecule has 3 aromatic carbocycles. The van der Waals surface area contributed by atoms with Crippen molar-refractivity contribution >= 4 is 34.1 Å². The number of pyridine rings is 1. The Kier molecular flexibility index (Phi) is 7.76. The largest absolute Gasteiger partial charge is 0.382 e. The second-order valence-corrected chi connectivity index (χ2v) is 9.90. The minimum atomic E-state index is -0.453. The molecule has 6 aromatic rings. The van der Waals surface area contributed by atoms with E-state index in [0.29, 0.717) is 57.5 Å². The minimum Gasteiger partial charge on any atom is -0.382 e. The van der Waals surface area contributed by atoms with Crippen LogP contribution in [0.15, 0.2) is 102 Å². The molecule has 6 rings (SSSR count). The van der Waals surface area contributed by atoms with Crippen LogP contribution in [0.1, 0.15) is 17.1 Å². The van der Waals surface area contributed by atoms with Crippen molar-refractivity contribution in [1.82, 2.24) is 24.5 Å². The predicted molar refractivity (Wildman–Crippen MR) is 167 cm³/mol. The fourth-order valence-electron chi connectivity index (χ4n) is 4.65. The van der Waals surface area contributed by atoms with Gasteiger partial charge in [0.1, 0.15) is 40.9 Å². The number of anilines is 2. The van der Waals surface area contributed by atoms with E-state index in [-0.39, 0.29) is 11.4 Å². The number of nitrogens with two attached hydrogens (primary N) is 1. The third-order valence-corrected chi connectivity index (χ3v) is 7.00. The maximum atomic E-state index is 13.9. The first-order chi connectivity index (χ1) is 21.0. The molecule has 43 heavy (non-hydrogen) atoms. The van der Waals surface area contributed by atoms with Crippen LogP contribution in [-0.4, -0.2) is 31.0 Å². The molecular formula is C33H23ClFN7O. The van der Waals surface area contributed by atoms with Crippen LogP contribution in [0.25, 0.3) is 27.7 Å². The van der Waals surface area contributed by atoms with E-state index in [4.69, 9.17) is 22.3 Å². The van der Waals surface area contributed by atoms with Crippen molar-refractivity contribution in [3.8, 4) is 28.7 Å². The number of nitrogens with one attached hydrogen (secondary N) is 1. The third kappa shape index (κ3) is 5.91. The first-order valence-corrected chi connectivity index (χ1v) is 13.7. The Bertz CT molecular complexity index is 2070. The van der Waals surface area contributed by atoms with E-state index in [1.54, 1.807) is 22.8 Å². The molecule has 3 heterocycles. The lowest BCUT2D eigenvalue weighted by atomic mass is 10.1. The zero-order valence-corrected chi connectivity index (χ0v) is 23.4. The van der Waals surface area contributed by atoms with Gasteiger partial charge in [-0.2, -0.15) is 0 Å². The molecule has 3 N–H and O–H groups in total. The average molecular weight is 588 g/mol. The van der Waals surface area contributed by atoms with E-state index in [9.17, 15) is 9.18 Å². The lowest BCUT2D eigenvalue weighted by Gasteiger charge is -2.16. The second-order valence-electron chi connectivity index (χ2n) is 9.49. The summed E-state index contributed by atoms with van der Waals surface area (Å²) < 4.78 is 14.8. The fourth-order valence-corrected chi connectivity index (χ4v) is 4.90. The molecule has 8 nitrogen and oxygen atoms in total. The Morgan fingerprint density at radius 3 is 2.53 bits per heavy atom. The molecule has 210 valence electrons. The van der Waals surface area contributed by atoms with Gasteiger partial charge in [-0.25, -0.2) is 24.3 Å². The van der Waals surface area contributed by atoms with Gasteiger partial charge in [0.25, 0.3) is 5.56 Å². The van der Waals surface area contributed by atoms with Crippen LogP contribution in [0.5, 0.6) is 0 Å². The van der Waals surface area contributed by atoms with Crippen molar-refractivity contribution < 1.29 is 4.39 Å². The highest BCUT2D eigenvalue weighted by Crippen LogP contribution is 2.25. The summed E-state index contributed by atoms with van der Waals surface area (Å²) in [6, 6.07) is 25.6. The number of halogens is 2. The molecule has 10 heteroatoms. The van der Waals surface area contributed by atoms with E-state index in [0.717, 1.165) is 17.3 Å². The van der Waals surface area contributed by atoms with Crippen molar-refractivity contribution in [3.05, 3.63) is 136 Å². The van der Waals surface area contributed by atoms with Gasteiger partial charge in [0, 0.05) is 13.0 Å². The van der Waals surface area contributed by atoms with Gasteiger partial charge in [-0.05, 0) is 53.4 Å². The van der Waals surface area contributed by atoms with Gasteiger partial charge in [-0.1, -0.05) is 66.1 Å². The van der Waals surface area contributed by atoms with Gasteiger partial charge >= 0.3 is 0 Å². The monoisotopic (exact) mass is 587 g/mol. The average Bonchev–Trinajstić information content (AvgIpc) is 3.02. The number of nitrogen functional groups attached to an aromatic ring is 1. The van der Waals surface area contributed by atoms with Gasteiger partial charge in [-0.3, -0.25) is 9.36 Å². The molecule has 0 spiro atoms. The fraction of sp³-hybridized carbons (Fsp3) is 0.0606.